The van der Waals surface area contributed by atoms with Crippen LogP contribution in [0.5, 0.6) is 0 Å². The lowest BCUT2D eigenvalue weighted by Crippen LogP contribution is -2.59. The van der Waals surface area contributed by atoms with Gasteiger partial charge in [-0.1, -0.05) is 246 Å². The third kappa shape index (κ3) is 10.7. The van der Waals surface area contributed by atoms with Crippen molar-refractivity contribution < 1.29 is 0 Å². The van der Waals surface area contributed by atoms with E-state index in [1.165, 1.54) is 89.1 Å². The topological polar surface area (TPSA) is 37.0 Å². The van der Waals surface area contributed by atoms with Crippen LogP contribution in [-0.2, 0) is 0 Å². The van der Waals surface area contributed by atoms with E-state index < -0.39 is 0 Å². The summed E-state index contributed by atoms with van der Waals surface area (Å²) in [6.45, 7) is 0.213. The summed E-state index contributed by atoms with van der Waals surface area (Å²) in [5, 5.41) is 6.78. The third-order valence-corrected chi connectivity index (χ3v) is 19.5. The van der Waals surface area contributed by atoms with Gasteiger partial charge in [-0.05, 0) is 178 Å². The number of nitrogens with zero attached hydrogens (tertiary/aromatic N) is 4. The molecule has 6 bridgehead atoms. The minimum atomic E-state index is 0. The molecule has 14 aromatic rings. The first-order valence-corrected chi connectivity index (χ1v) is 33.4. The van der Waals surface area contributed by atoms with Gasteiger partial charge in [0, 0.05) is 111 Å². The molecule has 0 atom stereocenters. The van der Waals surface area contributed by atoms with Crippen LogP contribution in [0.4, 0.5) is 79.6 Å². The normalized spacial score (nSPS) is 12.5. The Kier molecular flexibility index (Phi) is 15.6. The van der Waals surface area contributed by atoms with Crippen molar-refractivity contribution in [3.8, 4) is 44.5 Å². The number of halogens is 2. The molecule has 95 heavy (non-hydrogen) atoms. The van der Waals surface area contributed by atoms with Crippen LogP contribution in [0.1, 0.15) is 7.43 Å². The number of hydrogen-bond acceptors (Lipinski definition) is 6. The predicted molar refractivity (Wildman–Crippen MR) is 413 cm³/mol. The Morgan fingerprint density at radius 1 is 0.221 bits per heavy atom. The number of hydrogen-bond donors (Lipinski definition) is 2. The molecule has 0 radical (unpaired) electrons. The summed E-state index contributed by atoms with van der Waals surface area (Å²) in [7, 11) is 0. The largest absolute Gasteiger partial charge is 0.376 e. The minimum Gasteiger partial charge on any atom is -0.376 e. The molecule has 0 fully saturated rings. The van der Waals surface area contributed by atoms with Gasteiger partial charge in [0.15, 0.2) is 0 Å². The van der Waals surface area contributed by atoms with Gasteiger partial charge in [-0.25, -0.2) is 0 Å². The average Bonchev–Trinajstić information content (AvgIpc) is 0.715. The molecule has 5 aliphatic rings. The maximum atomic E-state index is 3.70. The van der Waals surface area contributed by atoms with Crippen molar-refractivity contribution >= 4 is 147 Å². The monoisotopic (exact) mass is 1350 g/mol. The highest BCUT2D eigenvalue weighted by atomic mass is 79.9. The third-order valence-electron chi connectivity index (χ3n) is 18.5. The molecule has 0 aromatic heterocycles. The smallest absolute Gasteiger partial charge is 0.329 e. The summed E-state index contributed by atoms with van der Waals surface area (Å²) < 4.78 is 2.19. The molecule has 6 nitrogen and oxygen atoms in total. The number of rotatable bonds is 6. The van der Waals surface area contributed by atoms with Gasteiger partial charge in [-0.2, -0.15) is 0 Å². The van der Waals surface area contributed by atoms with Gasteiger partial charge >= 0.3 is 13.7 Å². The van der Waals surface area contributed by atoms with Crippen molar-refractivity contribution in [2.75, 3.05) is 30.1 Å². The summed E-state index contributed by atoms with van der Waals surface area (Å²) in [6, 6.07) is 122. The summed E-state index contributed by atoms with van der Waals surface area (Å²) >= 11 is 7.39. The lowest BCUT2D eigenvalue weighted by Gasteiger charge is -2.44. The second-order valence-electron chi connectivity index (χ2n) is 24.0. The standard InChI is InChI=1S/C42H28BN3.C24H14BBr2N.C18H16N2.CH4/c1-3-12-29(13-4-1)44-31-16-11-17-32(26-31)45(30-14-5-2-6-15-30)34-23-25-38-36-19-8-10-21-40(36)43-39-20-9-7-18-35(39)37-24-22-33(44)27-41(37)46(43)42(38)28-34;26-15-9-11-19-17-5-1-3-7-21(17)25-22-8-4-2-6-18(22)20-12-10-16(27)14-24(20)28(25)23(19)13-15;1-3-8-15(9-4-1)19-17-12-7-13-18(14-17)20-16-10-5-2-6-11-16;/h1-28H;1-14H;1-14,19-20H;1H4. The summed E-state index contributed by atoms with van der Waals surface area (Å²) in [5.74, 6) is 0. The quantitative estimate of drug-likeness (QED) is 0.162. The highest BCUT2D eigenvalue weighted by Gasteiger charge is 2.44. The van der Waals surface area contributed by atoms with Crippen molar-refractivity contribution in [2.45, 2.75) is 7.43 Å². The zero-order valence-electron chi connectivity index (χ0n) is 51.0. The van der Waals surface area contributed by atoms with Crippen LogP contribution in [0.15, 0.2) is 349 Å². The molecular formula is C85H62B2Br2N6. The van der Waals surface area contributed by atoms with Gasteiger partial charge in [0.05, 0.1) is 0 Å². The first-order chi connectivity index (χ1) is 46.5. The molecule has 0 amide bonds. The van der Waals surface area contributed by atoms with E-state index in [4.69, 9.17) is 0 Å². The molecular weight excluding hydrogens is 1290 g/mol. The molecule has 0 unspecified atom stereocenters. The molecule has 0 saturated carbocycles. The molecule has 19 rings (SSSR count). The zero-order chi connectivity index (χ0) is 62.6. The second kappa shape index (κ2) is 25.1. The Bertz CT molecular complexity index is 4880. The fourth-order valence-corrected chi connectivity index (χ4v) is 15.2. The Morgan fingerprint density at radius 3 is 0.884 bits per heavy atom. The molecule has 10 heteroatoms. The van der Waals surface area contributed by atoms with Crippen LogP contribution in [0.3, 0.4) is 0 Å². The Morgan fingerprint density at radius 2 is 0.505 bits per heavy atom. The summed E-state index contributed by atoms with van der Waals surface area (Å²) in [4.78, 5) is 9.88. The summed E-state index contributed by atoms with van der Waals surface area (Å²) in [5.41, 5.74) is 31.6. The zero-order valence-corrected chi connectivity index (χ0v) is 54.2. The maximum Gasteiger partial charge on any atom is 0.329 e. The molecule has 14 aromatic carbocycles. The molecule has 2 N–H and O–H groups in total. The number of fused-ring (bicyclic) bond motifs is 21. The van der Waals surface area contributed by atoms with Crippen LogP contribution in [0.2, 0.25) is 0 Å². The number of para-hydroxylation sites is 4. The van der Waals surface area contributed by atoms with Gasteiger partial charge in [0.25, 0.3) is 0 Å². The molecule has 0 aliphatic carbocycles. The van der Waals surface area contributed by atoms with Crippen molar-refractivity contribution in [1.29, 1.82) is 0 Å². The molecule has 5 aliphatic heterocycles. The first-order valence-electron chi connectivity index (χ1n) is 31.8. The Labute approximate surface area is 573 Å². The van der Waals surface area contributed by atoms with E-state index in [9.17, 15) is 0 Å². The van der Waals surface area contributed by atoms with E-state index in [0.717, 1.165) is 65.8 Å². The SMILES string of the molecule is Brc1ccc2c(c1)N1B(c3ccccc3-2)c2ccccc2-c2ccc(Br)cc21.C.c1ccc(N2c3cccc(c3)N(c3ccccc3)c3ccc4c(c3)N3B(c5ccccc5-c5ccc2cc53)c2ccccc2-4)cc1.c1ccc(Nc2cccc(Nc3ccccc3)c2)cc1. The van der Waals surface area contributed by atoms with E-state index in [0.29, 0.717) is 0 Å². The van der Waals surface area contributed by atoms with Crippen LogP contribution < -0.4 is 51.9 Å². The maximum absolute atomic E-state index is 3.70. The number of anilines is 14. The fraction of sp³-hybridized carbons (Fsp3) is 0.0118. The van der Waals surface area contributed by atoms with Crippen LogP contribution >= 0.6 is 31.9 Å². The lowest BCUT2D eigenvalue weighted by molar-refractivity contribution is 1.23. The van der Waals surface area contributed by atoms with E-state index in [-0.39, 0.29) is 21.1 Å². The Balaban J connectivity index is 0.000000123. The lowest BCUT2D eigenvalue weighted by atomic mass is 9.43. The molecule has 452 valence electrons. The first kappa shape index (κ1) is 59.0. The minimum absolute atomic E-state index is 0. The molecule has 0 saturated heterocycles. The van der Waals surface area contributed by atoms with Crippen LogP contribution in [-0.4, -0.2) is 13.7 Å². The van der Waals surface area contributed by atoms with E-state index >= 15 is 0 Å². The second-order valence-corrected chi connectivity index (χ2v) is 25.9. The van der Waals surface area contributed by atoms with Gasteiger partial charge in [0.2, 0.25) is 0 Å². The van der Waals surface area contributed by atoms with Crippen molar-refractivity contribution in [3.63, 3.8) is 0 Å². The van der Waals surface area contributed by atoms with Gasteiger partial charge < -0.3 is 30.1 Å². The molecule has 5 heterocycles. The van der Waals surface area contributed by atoms with E-state index in [1.807, 2.05) is 42.5 Å². The van der Waals surface area contributed by atoms with E-state index in [1.54, 1.807) is 0 Å². The van der Waals surface area contributed by atoms with Crippen LogP contribution in [0.25, 0.3) is 44.5 Å². The van der Waals surface area contributed by atoms with Crippen molar-refractivity contribution in [2.24, 2.45) is 0 Å². The fourth-order valence-electron chi connectivity index (χ4n) is 14.5. The van der Waals surface area contributed by atoms with Gasteiger partial charge in [-0.3, -0.25) is 0 Å². The number of benzene rings is 14. The van der Waals surface area contributed by atoms with Gasteiger partial charge in [0.1, 0.15) is 0 Å². The summed E-state index contributed by atoms with van der Waals surface area (Å²) in [6.07, 6.45) is 0. The van der Waals surface area contributed by atoms with Gasteiger partial charge in [-0.15, -0.1) is 0 Å². The highest BCUT2D eigenvalue weighted by molar-refractivity contribution is 9.10. The molecule has 0 spiro atoms. The highest BCUT2D eigenvalue weighted by Crippen LogP contribution is 2.52. The van der Waals surface area contributed by atoms with Crippen LogP contribution in [0, 0.1) is 0 Å². The predicted octanol–water partition coefficient (Wildman–Crippen LogP) is 21.8. The van der Waals surface area contributed by atoms with Crippen molar-refractivity contribution in [1.82, 2.24) is 0 Å². The Hall–Kier alpha value is -11.0. The van der Waals surface area contributed by atoms with Crippen molar-refractivity contribution in [3.05, 3.63) is 349 Å². The average molecular weight is 1350 g/mol. The van der Waals surface area contributed by atoms with E-state index in [2.05, 4.69) is 359 Å². The number of nitrogens with one attached hydrogen (secondary N) is 2.